The minimum atomic E-state index is 0.611. The summed E-state index contributed by atoms with van der Waals surface area (Å²) in [5.74, 6) is 0. The number of benzene rings is 1. The van der Waals surface area contributed by atoms with Gasteiger partial charge in [0.05, 0.1) is 26.5 Å². The zero-order chi connectivity index (χ0) is 14.3. The summed E-state index contributed by atoms with van der Waals surface area (Å²) in [6.07, 6.45) is 0. The molecular weight excluding hydrogens is 266 g/mol. The Morgan fingerprint density at radius 2 is 1.90 bits per heavy atom. The van der Waals surface area contributed by atoms with Crippen LogP contribution in [0.5, 0.6) is 0 Å². The normalized spacial score (nSPS) is 10.7. The second-order valence-corrected chi connectivity index (χ2v) is 6.05. The summed E-state index contributed by atoms with van der Waals surface area (Å²) in [6.45, 7) is 5.94. The lowest BCUT2D eigenvalue weighted by Crippen LogP contribution is -1.95. The third-order valence-electron chi connectivity index (χ3n) is 3.35. The number of fused-ring (bicyclic) bond motifs is 1. The minimum absolute atomic E-state index is 0.611. The van der Waals surface area contributed by atoms with E-state index >= 15 is 0 Å². The third kappa shape index (κ3) is 2.06. The van der Waals surface area contributed by atoms with E-state index in [2.05, 4.69) is 16.0 Å². The number of thiazole rings is 1. The quantitative estimate of drug-likeness (QED) is 0.672. The van der Waals surface area contributed by atoms with E-state index in [0.29, 0.717) is 5.56 Å². The summed E-state index contributed by atoms with van der Waals surface area (Å²) in [6, 6.07) is 10.2. The van der Waals surface area contributed by atoms with Gasteiger partial charge in [-0.25, -0.2) is 4.98 Å². The Morgan fingerprint density at radius 1 is 1.10 bits per heavy atom. The molecule has 3 rings (SSSR count). The average Bonchev–Trinajstić information content (AvgIpc) is 2.80. The molecule has 20 heavy (non-hydrogen) atoms. The first-order chi connectivity index (χ1) is 9.58. The fourth-order valence-corrected chi connectivity index (χ4v) is 3.01. The van der Waals surface area contributed by atoms with Crippen molar-refractivity contribution in [2.45, 2.75) is 20.8 Å². The van der Waals surface area contributed by atoms with Gasteiger partial charge in [-0.3, -0.25) is 4.98 Å². The van der Waals surface area contributed by atoms with Gasteiger partial charge in [0, 0.05) is 11.3 Å². The van der Waals surface area contributed by atoms with Crippen LogP contribution in [0.1, 0.15) is 21.8 Å². The second-order valence-electron chi connectivity index (χ2n) is 4.81. The van der Waals surface area contributed by atoms with E-state index in [1.165, 1.54) is 0 Å². The van der Waals surface area contributed by atoms with Gasteiger partial charge in [0.25, 0.3) is 0 Å². The molecule has 1 aromatic carbocycles. The van der Waals surface area contributed by atoms with Crippen LogP contribution in [0.3, 0.4) is 0 Å². The van der Waals surface area contributed by atoms with E-state index in [1.54, 1.807) is 11.3 Å². The van der Waals surface area contributed by atoms with Crippen molar-refractivity contribution in [3.05, 3.63) is 46.1 Å². The highest BCUT2D eigenvalue weighted by Crippen LogP contribution is 2.29. The van der Waals surface area contributed by atoms with Gasteiger partial charge in [-0.05, 0) is 44.5 Å². The molecule has 0 aliphatic heterocycles. The van der Waals surface area contributed by atoms with Crippen molar-refractivity contribution >= 4 is 21.6 Å². The highest BCUT2D eigenvalue weighted by atomic mass is 32.1. The maximum absolute atomic E-state index is 9.31. The van der Waals surface area contributed by atoms with E-state index in [9.17, 15) is 5.26 Å². The lowest BCUT2D eigenvalue weighted by molar-refractivity contribution is 1.14. The minimum Gasteiger partial charge on any atom is -0.251 e. The third-order valence-corrected chi connectivity index (χ3v) is 4.31. The molecule has 2 aromatic heterocycles. The van der Waals surface area contributed by atoms with Gasteiger partial charge in [-0.1, -0.05) is 6.07 Å². The molecule has 3 nitrogen and oxygen atoms in total. The Kier molecular flexibility index (Phi) is 3.00. The lowest BCUT2D eigenvalue weighted by atomic mass is 10.0. The van der Waals surface area contributed by atoms with Crippen molar-refractivity contribution in [2.75, 3.05) is 0 Å². The number of pyridine rings is 1. The summed E-state index contributed by atoms with van der Waals surface area (Å²) in [5.41, 5.74) is 5.25. The van der Waals surface area contributed by atoms with Crippen LogP contribution in [0.2, 0.25) is 0 Å². The molecular formula is C16H13N3S. The zero-order valence-corrected chi connectivity index (χ0v) is 12.4. The molecule has 0 saturated heterocycles. The fraction of sp³-hybridized carbons (Fsp3) is 0.188. The monoisotopic (exact) mass is 279 g/mol. The van der Waals surface area contributed by atoms with Crippen LogP contribution in [-0.4, -0.2) is 9.97 Å². The van der Waals surface area contributed by atoms with Gasteiger partial charge in [0.15, 0.2) is 0 Å². The topological polar surface area (TPSA) is 49.6 Å². The molecule has 98 valence electrons. The summed E-state index contributed by atoms with van der Waals surface area (Å²) in [7, 11) is 0. The Labute approximate surface area is 121 Å². The first-order valence-corrected chi connectivity index (χ1v) is 7.16. The average molecular weight is 279 g/mol. The molecule has 0 radical (unpaired) electrons. The summed E-state index contributed by atoms with van der Waals surface area (Å²) in [4.78, 5) is 9.08. The number of nitrogens with zero attached hydrogens (tertiary/aromatic N) is 3. The molecule has 2 heterocycles. The molecule has 0 atom stereocenters. The summed E-state index contributed by atoms with van der Waals surface area (Å²) >= 11 is 1.68. The first-order valence-electron chi connectivity index (χ1n) is 6.34. The fourth-order valence-electron chi connectivity index (χ4n) is 2.20. The van der Waals surface area contributed by atoms with Crippen molar-refractivity contribution in [2.24, 2.45) is 0 Å². The number of aryl methyl sites for hydroxylation is 3. The van der Waals surface area contributed by atoms with Crippen LogP contribution >= 0.6 is 11.3 Å². The van der Waals surface area contributed by atoms with Crippen LogP contribution < -0.4 is 0 Å². The van der Waals surface area contributed by atoms with Gasteiger partial charge >= 0.3 is 0 Å². The van der Waals surface area contributed by atoms with Crippen LogP contribution in [0.4, 0.5) is 0 Å². The van der Waals surface area contributed by atoms with Gasteiger partial charge in [0.2, 0.25) is 0 Å². The molecule has 4 heteroatoms. The van der Waals surface area contributed by atoms with E-state index in [0.717, 1.165) is 37.7 Å². The lowest BCUT2D eigenvalue weighted by Gasteiger charge is -2.07. The predicted octanol–water partition coefficient (Wildman–Crippen LogP) is 4.16. The molecule has 0 aliphatic carbocycles. The number of rotatable bonds is 1. The highest BCUT2D eigenvalue weighted by Gasteiger charge is 2.11. The predicted molar refractivity (Wildman–Crippen MR) is 81.8 cm³/mol. The van der Waals surface area contributed by atoms with E-state index in [4.69, 9.17) is 0 Å². The summed E-state index contributed by atoms with van der Waals surface area (Å²) < 4.78 is 1.16. The number of hydrogen-bond acceptors (Lipinski definition) is 4. The van der Waals surface area contributed by atoms with Gasteiger partial charge in [0.1, 0.15) is 6.07 Å². The standard InChI is InChI=1S/C16H13N3S/c1-9-6-13(8-17)16(18-10(9)2)12-4-5-15-14(7-12)19-11(3)20-15/h4-7H,1-3H3. The van der Waals surface area contributed by atoms with Gasteiger partial charge < -0.3 is 0 Å². The number of aromatic nitrogens is 2. The Hall–Kier alpha value is -2.25. The van der Waals surface area contributed by atoms with Crippen molar-refractivity contribution in [3.8, 4) is 17.3 Å². The maximum atomic E-state index is 9.31. The molecule has 0 spiro atoms. The van der Waals surface area contributed by atoms with Crippen molar-refractivity contribution in [1.29, 1.82) is 5.26 Å². The molecule has 3 aromatic rings. The smallest absolute Gasteiger partial charge is 0.101 e. The van der Waals surface area contributed by atoms with E-state index in [1.807, 2.05) is 45.0 Å². The molecule has 0 N–H and O–H groups in total. The maximum Gasteiger partial charge on any atom is 0.101 e. The van der Waals surface area contributed by atoms with Crippen LogP contribution in [0.25, 0.3) is 21.5 Å². The summed E-state index contributed by atoms with van der Waals surface area (Å²) in [5, 5.41) is 10.4. The van der Waals surface area contributed by atoms with Crippen molar-refractivity contribution < 1.29 is 0 Å². The molecule has 0 fully saturated rings. The van der Waals surface area contributed by atoms with Crippen LogP contribution in [0.15, 0.2) is 24.3 Å². The number of nitriles is 1. The Balaban J connectivity index is 2.24. The van der Waals surface area contributed by atoms with Gasteiger partial charge in [-0.15, -0.1) is 11.3 Å². The Morgan fingerprint density at radius 3 is 2.65 bits per heavy atom. The SMILES string of the molecule is Cc1nc2cc(-c3nc(C)c(C)cc3C#N)ccc2s1. The zero-order valence-electron chi connectivity index (χ0n) is 11.6. The largest absolute Gasteiger partial charge is 0.251 e. The van der Waals surface area contributed by atoms with Gasteiger partial charge in [-0.2, -0.15) is 5.26 Å². The molecule has 0 aliphatic rings. The van der Waals surface area contributed by atoms with Crippen molar-refractivity contribution in [1.82, 2.24) is 9.97 Å². The van der Waals surface area contributed by atoms with Crippen molar-refractivity contribution in [3.63, 3.8) is 0 Å². The van der Waals surface area contributed by atoms with E-state index < -0.39 is 0 Å². The highest BCUT2D eigenvalue weighted by molar-refractivity contribution is 7.18. The second kappa shape index (κ2) is 4.69. The molecule has 0 unspecified atom stereocenters. The molecule has 0 bridgehead atoms. The Bertz CT molecular complexity index is 856. The molecule has 0 saturated carbocycles. The van der Waals surface area contributed by atoms with Crippen LogP contribution in [0, 0.1) is 32.1 Å². The van der Waals surface area contributed by atoms with E-state index in [-0.39, 0.29) is 0 Å². The first kappa shape index (κ1) is 12.8. The number of hydrogen-bond donors (Lipinski definition) is 0. The molecule has 0 amide bonds. The van der Waals surface area contributed by atoms with Crippen LogP contribution in [-0.2, 0) is 0 Å².